The summed E-state index contributed by atoms with van der Waals surface area (Å²) in [6.07, 6.45) is -8.09. The number of methoxy groups -OCH3 is 2. The monoisotopic (exact) mass is 478 g/mol. The van der Waals surface area contributed by atoms with Crippen LogP contribution in [0.4, 0.5) is 0 Å². The molecule has 0 bridgehead atoms. The van der Waals surface area contributed by atoms with Crippen LogP contribution >= 0.6 is 0 Å². The Morgan fingerprint density at radius 3 is 2.44 bits per heavy atom. The first-order valence-corrected chi connectivity index (χ1v) is 10.5. The molecule has 11 heteroatoms. The van der Waals surface area contributed by atoms with Crippen molar-refractivity contribution in [3.63, 3.8) is 0 Å². The average Bonchev–Trinajstić information content (AvgIpc) is 2.83. The van der Waals surface area contributed by atoms with E-state index in [0.29, 0.717) is 11.3 Å². The van der Waals surface area contributed by atoms with Crippen LogP contribution in [-0.2, 0) is 4.74 Å². The second kappa shape index (κ2) is 9.65. The van der Waals surface area contributed by atoms with E-state index in [4.69, 9.17) is 23.7 Å². The molecule has 0 saturated carbocycles. The van der Waals surface area contributed by atoms with Crippen molar-refractivity contribution in [3.05, 3.63) is 41.5 Å². The number of phenolic OH excluding ortho intramolecular Hbond substituents is 1. The molecule has 2 aromatic carbocycles. The Morgan fingerprint density at radius 2 is 1.76 bits per heavy atom. The van der Waals surface area contributed by atoms with Gasteiger partial charge in [-0.05, 0) is 17.7 Å². The molecule has 2 aliphatic rings. The lowest BCUT2D eigenvalue weighted by Crippen LogP contribution is -2.60. The smallest absolute Gasteiger partial charge is 0.229 e. The molecular weight excluding hydrogens is 452 g/mol. The molecule has 0 radical (unpaired) electrons. The molecule has 11 nitrogen and oxygen atoms in total. The van der Waals surface area contributed by atoms with Gasteiger partial charge in [-0.3, -0.25) is 4.79 Å². The number of aliphatic hydroxyl groups is 4. The quantitative estimate of drug-likeness (QED) is 0.388. The van der Waals surface area contributed by atoms with Crippen LogP contribution in [0.15, 0.2) is 30.3 Å². The zero-order valence-corrected chi connectivity index (χ0v) is 18.5. The summed E-state index contributed by atoms with van der Waals surface area (Å²) in [6.45, 7) is -0.601. The third kappa shape index (κ3) is 4.36. The Kier molecular flexibility index (Phi) is 6.82. The molecular formula is C23H26O11. The molecule has 2 aromatic rings. The lowest BCUT2D eigenvalue weighted by Gasteiger charge is -2.39. The number of aromatic hydroxyl groups is 1. The summed E-state index contributed by atoms with van der Waals surface area (Å²) in [4.78, 5) is 12.7. The van der Waals surface area contributed by atoms with E-state index < -0.39 is 43.4 Å². The standard InChI is InChI=1S/C23H26O11/c1-30-11-6-12(25)19-13(26)8-15(32-17(19)7-11)10-3-4-14(31-2)16(5-10)33-23-22(29)21(28)20(27)18(9-24)34-23/h3-7,15,18,20-25,27-29H,8-9H2,1-2H3/t15-,18+,20+,21-,22+,23+/m0/s1. The van der Waals surface area contributed by atoms with E-state index >= 15 is 0 Å². The van der Waals surface area contributed by atoms with Gasteiger partial charge in [0.2, 0.25) is 6.29 Å². The number of phenols is 1. The van der Waals surface area contributed by atoms with Gasteiger partial charge in [-0.25, -0.2) is 0 Å². The molecule has 0 aromatic heterocycles. The Bertz CT molecular complexity index is 1050. The van der Waals surface area contributed by atoms with E-state index in [-0.39, 0.29) is 40.8 Å². The number of Topliss-reactive ketones (excluding diaryl/α,β-unsaturated/α-hetero) is 1. The first-order valence-electron chi connectivity index (χ1n) is 10.5. The third-order valence-electron chi connectivity index (χ3n) is 5.86. The highest BCUT2D eigenvalue weighted by Gasteiger charge is 2.45. The highest BCUT2D eigenvalue weighted by Crippen LogP contribution is 2.43. The maximum Gasteiger partial charge on any atom is 0.229 e. The maximum atomic E-state index is 12.7. The zero-order chi connectivity index (χ0) is 24.6. The molecule has 4 rings (SSSR count). The van der Waals surface area contributed by atoms with Gasteiger partial charge < -0.3 is 49.2 Å². The summed E-state index contributed by atoms with van der Waals surface area (Å²) in [5.74, 6) is 0.316. The van der Waals surface area contributed by atoms with Crippen molar-refractivity contribution < 1.29 is 54.0 Å². The van der Waals surface area contributed by atoms with E-state index in [1.165, 1.54) is 32.4 Å². The number of ether oxygens (including phenoxy) is 5. The number of fused-ring (bicyclic) bond motifs is 1. The molecule has 1 fully saturated rings. The number of rotatable bonds is 6. The van der Waals surface area contributed by atoms with E-state index in [1.54, 1.807) is 12.1 Å². The number of benzene rings is 2. The molecule has 1 saturated heterocycles. The molecule has 34 heavy (non-hydrogen) atoms. The molecule has 2 heterocycles. The van der Waals surface area contributed by atoms with Gasteiger partial charge in [0.05, 0.1) is 27.2 Å². The van der Waals surface area contributed by atoms with Crippen LogP contribution in [0.3, 0.4) is 0 Å². The summed E-state index contributed by atoms with van der Waals surface area (Å²) < 4.78 is 27.6. The first-order chi connectivity index (χ1) is 16.3. The topological polar surface area (TPSA) is 164 Å². The van der Waals surface area contributed by atoms with Gasteiger partial charge >= 0.3 is 0 Å². The fourth-order valence-corrected chi connectivity index (χ4v) is 3.99. The largest absolute Gasteiger partial charge is 0.507 e. The van der Waals surface area contributed by atoms with Gasteiger partial charge in [0.25, 0.3) is 0 Å². The molecule has 184 valence electrons. The summed E-state index contributed by atoms with van der Waals surface area (Å²) in [5, 5.41) is 49.9. The Balaban J connectivity index is 1.62. The Labute approximate surface area is 194 Å². The van der Waals surface area contributed by atoms with Crippen LogP contribution in [0, 0.1) is 0 Å². The van der Waals surface area contributed by atoms with Crippen molar-refractivity contribution in [1.29, 1.82) is 0 Å². The van der Waals surface area contributed by atoms with Crippen molar-refractivity contribution >= 4 is 5.78 Å². The Morgan fingerprint density at radius 1 is 1.00 bits per heavy atom. The first kappa shape index (κ1) is 24.0. The second-order valence-corrected chi connectivity index (χ2v) is 7.98. The minimum atomic E-state index is -1.61. The molecule has 0 spiro atoms. The lowest BCUT2D eigenvalue weighted by atomic mass is 9.95. The van der Waals surface area contributed by atoms with E-state index in [2.05, 4.69) is 0 Å². The Hall–Kier alpha value is -3.09. The normalized spacial score (nSPS) is 28.6. The molecule has 0 unspecified atom stereocenters. The van der Waals surface area contributed by atoms with Crippen molar-refractivity contribution in [3.8, 4) is 28.7 Å². The summed E-state index contributed by atoms with van der Waals surface area (Å²) in [7, 11) is 2.83. The van der Waals surface area contributed by atoms with Gasteiger partial charge in [-0.2, -0.15) is 0 Å². The average molecular weight is 478 g/mol. The SMILES string of the molecule is COc1cc(O)c2c(c1)O[C@H](c1ccc(OC)c(O[C@@H]3O[C@H](CO)[C@@H](O)[C@H](O)[C@H]3O)c1)CC2=O. The minimum absolute atomic E-state index is 0.0568. The van der Waals surface area contributed by atoms with E-state index in [0.717, 1.165) is 0 Å². The van der Waals surface area contributed by atoms with Crippen LogP contribution in [0.2, 0.25) is 0 Å². The third-order valence-corrected chi connectivity index (χ3v) is 5.86. The summed E-state index contributed by atoms with van der Waals surface area (Å²) in [6, 6.07) is 7.61. The van der Waals surface area contributed by atoms with Gasteiger partial charge in [0, 0.05) is 12.1 Å². The van der Waals surface area contributed by atoms with Crippen LogP contribution in [0.5, 0.6) is 28.7 Å². The highest BCUT2D eigenvalue weighted by atomic mass is 16.7. The second-order valence-electron chi connectivity index (χ2n) is 7.98. The molecule has 5 N–H and O–H groups in total. The number of aliphatic hydroxyl groups excluding tert-OH is 4. The number of hydrogen-bond acceptors (Lipinski definition) is 11. The van der Waals surface area contributed by atoms with Crippen molar-refractivity contribution in [2.45, 2.75) is 43.2 Å². The number of hydrogen-bond donors (Lipinski definition) is 5. The fraction of sp³-hybridized carbons (Fsp3) is 0.435. The van der Waals surface area contributed by atoms with Crippen molar-refractivity contribution in [2.75, 3.05) is 20.8 Å². The predicted octanol–water partition coefficient (Wildman–Crippen LogP) is 0.295. The zero-order valence-electron chi connectivity index (χ0n) is 18.5. The van der Waals surface area contributed by atoms with Crippen LogP contribution < -0.4 is 18.9 Å². The van der Waals surface area contributed by atoms with E-state index in [9.17, 15) is 30.3 Å². The highest BCUT2D eigenvalue weighted by molar-refractivity contribution is 6.02. The van der Waals surface area contributed by atoms with E-state index in [1.807, 2.05) is 0 Å². The van der Waals surface area contributed by atoms with Gasteiger partial charge in [0.1, 0.15) is 53.3 Å². The van der Waals surface area contributed by atoms with Crippen molar-refractivity contribution in [1.82, 2.24) is 0 Å². The van der Waals surface area contributed by atoms with Crippen LogP contribution in [-0.4, -0.2) is 82.8 Å². The molecule has 0 amide bonds. The van der Waals surface area contributed by atoms with Crippen LogP contribution in [0.25, 0.3) is 0 Å². The fourth-order valence-electron chi connectivity index (χ4n) is 3.99. The molecule has 2 aliphatic heterocycles. The van der Waals surface area contributed by atoms with Crippen molar-refractivity contribution in [2.24, 2.45) is 0 Å². The van der Waals surface area contributed by atoms with Gasteiger partial charge in [0.15, 0.2) is 17.3 Å². The van der Waals surface area contributed by atoms with Gasteiger partial charge in [-0.15, -0.1) is 0 Å². The lowest BCUT2D eigenvalue weighted by molar-refractivity contribution is -0.277. The molecule has 0 aliphatic carbocycles. The maximum absolute atomic E-state index is 12.7. The minimum Gasteiger partial charge on any atom is -0.507 e. The number of carbonyl (C=O) groups excluding carboxylic acids is 1. The summed E-state index contributed by atoms with van der Waals surface area (Å²) in [5.41, 5.74) is 0.602. The number of carbonyl (C=O) groups is 1. The number of ketones is 1. The summed E-state index contributed by atoms with van der Waals surface area (Å²) >= 11 is 0. The predicted molar refractivity (Wildman–Crippen MR) is 114 cm³/mol. The molecule has 6 atom stereocenters. The van der Waals surface area contributed by atoms with Gasteiger partial charge in [-0.1, -0.05) is 6.07 Å². The van der Waals surface area contributed by atoms with Crippen LogP contribution in [0.1, 0.15) is 28.4 Å².